The van der Waals surface area contributed by atoms with E-state index in [2.05, 4.69) is 33.8 Å². The Kier molecular flexibility index (Phi) is 7.11. The Morgan fingerprint density at radius 1 is 1.19 bits per heavy atom. The maximum absolute atomic E-state index is 13.9. The zero-order valence-electron chi connectivity index (χ0n) is 21.1. The van der Waals surface area contributed by atoms with Gasteiger partial charge in [0.05, 0.1) is 18.1 Å². The fourth-order valence-corrected chi connectivity index (χ4v) is 4.75. The Labute approximate surface area is 211 Å². The van der Waals surface area contributed by atoms with Gasteiger partial charge in [-0.25, -0.2) is 15.0 Å². The second kappa shape index (κ2) is 9.98. The van der Waals surface area contributed by atoms with E-state index in [0.29, 0.717) is 24.9 Å². The number of ether oxygens (including phenoxy) is 2. The molecule has 1 saturated heterocycles. The molecule has 1 fully saturated rings. The Morgan fingerprint density at radius 3 is 2.49 bits per heavy atom. The van der Waals surface area contributed by atoms with Gasteiger partial charge in [-0.15, -0.1) is 0 Å². The van der Waals surface area contributed by atoms with E-state index >= 15 is 0 Å². The van der Waals surface area contributed by atoms with Crippen molar-refractivity contribution in [3.63, 3.8) is 0 Å². The van der Waals surface area contributed by atoms with E-state index in [0.717, 1.165) is 12.5 Å². The van der Waals surface area contributed by atoms with Crippen LogP contribution in [0, 0.1) is 18.8 Å². The molecule has 0 saturated carbocycles. The Hall–Kier alpha value is -3.70. The highest BCUT2D eigenvalue weighted by Crippen LogP contribution is 2.37. The van der Waals surface area contributed by atoms with Crippen LogP contribution in [-0.2, 0) is 6.18 Å². The molecule has 9 nitrogen and oxygen atoms in total. The summed E-state index contributed by atoms with van der Waals surface area (Å²) in [7, 11) is 1.35. The molecule has 3 aromatic heterocycles. The number of aromatic nitrogens is 4. The summed E-state index contributed by atoms with van der Waals surface area (Å²) in [5.41, 5.74) is -2.23. The number of halogens is 3. The first-order valence-electron chi connectivity index (χ1n) is 11.9. The van der Waals surface area contributed by atoms with Gasteiger partial charge in [0.25, 0.3) is 17.3 Å². The number of aromatic amines is 1. The number of H-pyrrole nitrogens is 1. The number of aryl methyl sites for hydroxylation is 1. The van der Waals surface area contributed by atoms with Crippen LogP contribution in [0.3, 0.4) is 0 Å². The van der Waals surface area contributed by atoms with Crippen LogP contribution < -0.4 is 15.0 Å². The van der Waals surface area contributed by atoms with Crippen molar-refractivity contribution in [2.75, 3.05) is 20.2 Å². The number of amides is 1. The summed E-state index contributed by atoms with van der Waals surface area (Å²) >= 11 is 0. The van der Waals surface area contributed by atoms with Gasteiger partial charge < -0.3 is 19.4 Å². The molecule has 1 aliphatic heterocycles. The summed E-state index contributed by atoms with van der Waals surface area (Å²) in [6.45, 7) is 8.27. The van der Waals surface area contributed by atoms with Gasteiger partial charge in [0.15, 0.2) is 17.1 Å². The van der Waals surface area contributed by atoms with Gasteiger partial charge in [-0.3, -0.25) is 9.59 Å². The van der Waals surface area contributed by atoms with Crippen molar-refractivity contribution >= 4 is 16.9 Å². The molecule has 4 rings (SSSR count). The molecule has 0 aliphatic carbocycles. The minimum Gasteiger partial charge on any atom is -0.491 e. The number of carbonyl (C=O) groups is 1. The molecule has 1 aliphatic rings. The molecule has 0 spiro atoms. The second-order valence-corrected chi connectivity index (χ2v) is 9.59. The molecule has 3 aromatic rings. The summed E-state index contributed by atoms with van der Waals surface area (Å²) < 4.78 is 52.7. The third-order valence-electron chi connectivity index (χ3n) is 6.28. The third kappa shape index (κ3) is 5.52. The Morgan fingerprint density at radius 2 is 1.86 bits per heavy atom. The molecule has 1 amide bonds. The molecule has 3 unspecified atom stereocenters. The van der Waals surface area contributed by atoms with Crippen molar-refractivity contribution in [2.45, 2.75) is 46.4 Å². The number of rotatable bonds is 5. The number of methoxy groups -OCH3 is 1. The average molecular weight is 520 g/mol. The smallest absolute Gasteiger partial charge is 0.433 e. The summed E-state index contributed by atoms with van der Waals surface area (Å²) in [4.78, 5) is 41.4. The number of likely N-dealkylation sites (tertiary alicyclic amines) is 1. The molecule has 1 N–H and O–H groups in total. The molecule has 0 bridgehead atoms. The normalized spacial score (nSPS) is 19.1. The first kappa shape index (κ1) is 26.4. The van der Waals surface area contributed by atoms with E-state index in [4.69, 9.17) is 9.47 Å². The van der Waals surface area contributed by atoms with Gasteiger partial charge in [-0.05, 0) is 38.2 Å². The number of alkyl halides is 3. The summed E-state index contributed by atoms with van der Waals surface area (Å²) in [5, 5.41) is -0.102. The van der Waals surface area contributed by atoms with Crippen LogP contribution in [0.15, 0.2) is 23.1 Å². The van der Waals surface area contributed by atoms with E-state index in [1.165, 1.54) is 33.2 Å². The van der Waals surface area contributed by atoms with Gasteiger partial charge in [-0.2, -0.15) is 13.2 Å². The number of hydrogen-bond donors (Lipinski definition) is 1. The van der Waals surface area contributed by atoms with Crippen molar-refractivity contribution in [3.05, 3.63) is 51.3 Å². The Bertz CT molecular complexity index is 1380. The van der Waals surface area contributed by atoms with E-state index in [1.807, 2.05) is 0 Å². The lowest BCUT2D eigenvalue weighted by molar-refractivity contribution is -0.142. The summed E-state index contributed by atoms with van der Waals surface area (Å²) in [6.07, 6.45) is -3.69. The highest BCUT2D eigenvalue weighted by Gasteiger charge is 2.38. The van der Waals surface area contributed by atoms with Crippen LogP contribution in [0.2, 0.25) is 0 Å². The minimum absolute atomic E-state index is 0.0910. The van der Waals surface area contributed by atoms with Gasteiger partial charge in [0.1, 0.15) is 11.9 Å². The Balaban J connectivity index is 1.66. The van der Waals surface area contributed by atoms with Crippen molar-refractivity contribution < 1.29 is 27.4 Å². The van der Waals surface area contributed by atoms with Gasteiger partial charge in [0.2, 0.25) is 0 Å². The molecule has 12 heteroatoms. The van der Waals surface area contributed by atoms with Crippen LogP contribution in [0.1, 0.15) is 60.7 Å². The van der Waals surface area contributed by atoms with Crippen molar-refractivity contribution in [1.82, 2.24) is 24.8 Å². The first-order valence-corrected chi connectivity index (χ1v) is 11.9. The highest BCUT2D eigenvalue weighted by molar-refractivity contribution is 5.94. The molecule has 3 atom stereocenters. The molecule has 4 heterocycles. The highest BCUT2D eigenvalue weighted by atomic mass is 19.4. The van der Waals surface area contributed by atoms with Gasteiger partial charge >= 0.3 is 6.18 Å². The number of carbonyl (C=O) groups excluding carboxylic acids is 1. The van der Waals surface area contributed by atoms with E-state index in [-0.39, 0.29) is 45.5 Å². The fraction of sp³-hybridized carbons (Fsp3) is 0.480. The monoisotopic (exact) mass is 519 g/mol. The number of hydrogen-bond acceptors (Lipinski definition) is 7. The van der Waals surface area contributed by atoms with Gasteiger partial charge in [-0.1, -0.05) is 13.8 Å². The summed E-state index contributed by atoms with van der Waals surface area (Å²) in [5.74, 6) is 0.673. The molecular weight excluding hydrogens is 491 g/mol. The molecular formula is C25H28F3N5O4. The van der Waals surface area contributed by atoms with Crippen LogP contribution in [-0.4, -0.2) is 50.9 Å². The third-order valence-corrected chi connectivity index (χ3v) is 6.28. The molecule has 0 radical (unpaired) electrons. The van der Waals surface area contributed by atoms with Gasteiger partial charge in [0, 0.05) is 30.9 Å². The quantitative estimate of drug-likeness (QED) is 0.535. The van der Waals surface area contributed by atoms with Crippen LogP contribution >= 0.6 is 0 Å². The largest absolute Gasteiger partial charge is 0.491 e. The van der Waals surface area contributed by atoms with E-state index in [9.17, 15) is 22.8 Å². The maximum atomic E-state index is 13.9. The van der Waals surface area contributed by atoms with E-state index in [1.54, 1.807) is 4.90 Å². The standard InChI is InChI=1S/C25H28F3N5O4/c1-12-6-13(2)11-33(10-12)24(35)16-7-19(36-5)23(29-9-16)37-14(3)17-8-18-21(30-15(4)31-22(18)34)32-20(17)25(26,27)28/h7-9,12-14H,6,10-11H2,1-5H3,(H,30,31,32,34). The summed E-state index contributed by atoms with van der Waals surface area (Å²) in [6, 6.07) is 2.53. The van der Waals surface area contributed by atoms with Crippen LogP contribution in [0.4, 0.5) is 13.2 Å². The lowest BCUT2D eigenvalue weighted by atomic mass is 9.91. The van der Waals surface area contributed by atoms with Crippen molar-refractivity contribution in [3.8, 4) is 11.6 Å². The lowest BCUT2D eigenvalue weighted by Gasteiger charge is -2.35. The van der Waals surface area contributed by atoms with E-state index < -0.39 is 23.5 Å². The second-order valence-electron chi connectivity index (χ2n) is 9.59. The van der Waals surface area contributed by atoms with Crippen LogP contribution in [0.25, 0.3) is 11.0 Å². The molecule has 0 aromatic carbocycles. The predicted octanol–water partition coefficient (Wildman–Crippen LogP) is 4.31. The maximum Gasteiger partial charge on any atom is 0.433 e. The van der Waals surface area contributed by atoms with Crippen LogP contribution in [0.5, 0.6) is 11.6 Å². The number of piperidine rings is 1. The zero-order valence-corrected chi connectivity index (χ0v) is 21.1. The molecule has 198 valence electrons. The first-order chi connectivity index (χ1) is 17.4. The number of fused-ring (bicyclic) bond motifs is 1. The topological polar surface area (TPSA) is 110 Å². The lowest BCUT2D eigenvalue weighted by Crippen LogP contribution is -2.42. The average Bonchev–Trinajstić information content (AvgIpc) is 2.81. The minimum atomic E-state index is -4.82. The number of nitrogens with zero attached hydrogens (tertiary/aromatic N) is 4. The van der Waals surface area contributed by atoms with Crippen molar-refractivity contribution in [1.29, 1.82) is 0 Å². The fourth-order valence-electron chi connectivity index (χ4n) is 4.75. The number of nitrogens with one attached hydrogen (secondary N) is 1. The SMILES string of the molecule is COc1cc(C(=O)N2CC(C)CC(C)C2)cnc1OC(C)c1cc2c(=O)[nH]c(C)nc2nc1C(F)(F)F. The molecule has 37 heavy (non-hydrogen) atoms. The predicted molar refractivity (Wildman–Crippen MR) is 129 cm³/mol. The van der Waals surface area contributed by atoms with Crippen molar-refractivity contribution in [2.24, 2.45) is 11.8 Å². The number of pyridine rings is 2. The zero-order chi connectivity index (χ0) is 27.1.